The SMILES string of the molecule is Cc1cc(S(=O)(=O)N2CCCC(C)(C)C2)ccc1N. The van der Waals surface area contributed by atoms with E-state index in [1.807, 2.05) is 6.92 Å². The van der Waals surface area contributed by atoms with Gasteiger partial charge in [-0.3, -0.25) is 0 Å². The van der Waals surface area contributed by atoms with Gasteiger partial charge in [0, 0.05) is 18.8 Å². The molecule has 19 heavy (non-hydrogen) atoms. The maximum atomic E-state index is 12.6. The normalized spacial score (nSPS) is 20.4. The second-order valence-electron chi connectivity index (χ2n) is 6.12. The molecule has 1 heterocycles. The number of nitrogens with two attached hydrogens (primary N) is 1. The molecule has 0 radical (unpaired) electrons. The van der Waals surface area contributed by atoms with Gasteiger partial charge in [0.2, 0.25) is 10.0 Å². The van der Waals surface area contributed by atoms with Crippen LogP contribution in [-0.4, -0.2) is 25.8 Å². The van der Waals surface area contributed by atoms with Crippen molar-refractivity contribution in [3.63, 3.8) is 0 Å². The van der Waals surface area contributed by atoms with Gasteiger partial charge in [0.1, 0.15) is 0 Å². The van der Waals surface area contributed by atoms with Crippen LogP contribution in [0.1, 0.15) is 32.3 Å². The molecule has 0 atom stereocenters. The zero-order valence-corrected chi connectivity index (χ0v) is 12.6. The van der Waals surface area contributed by atoms with Crippen molar-refractivity contribution in [2.75, 3.05) is 18.8 Å². The Labute approximate surface area is 115 Å². The number of rotatable bonds is 2. The lowest BCUT2D eigenvalue weighted by Gasteiger charge is -2.37. The Bertz CT molecular complexity index is 579. The first-order valence-corrected chi connectivity index (χ1v) is 8.03. The van der Waals surface area contributed by atoms with Crippen LogP contribution in [-0.2, 0) is 10.0 Å². The van der Waals surface area contributed by atoms with Gasteiger partial charge < -0.3 is 5.73 Å². The van der Waals surface area contributed by atoms with Crippen LogP contribution >= 0.6 is 0 Å². The average molecular weight is 282 g/mol. The topological polar surface area (TPSA) is 63.4 Å². The number of hydrogen-bond donors (Lipinski definition) is 1. The number of piperidine rings is 1. The molecule has 1 aliphatic rings. The fraction of sp³-hybridized carbons (Fsp3) is 0.571. The van der Waals surface area contributed by atoms with E-state index in [9.17, 15) is 8.42 Å². The zero-order chi connectivity index (χ0) is 14.3. The van der Waals surface area contributed by atoms with Gasteiger partial charge in [-0.15, -0.1) is 0 Å². The summed E-state index contributed by atoms with van der Waals surface area (Å²) in [6.45, 7) is 7.24. The van der Waals surface area contributed by atoms with Crippen molar-refractivity contribution in [2.45, 2.75) is 38.5 Å². The van der Waals surface area contributed by atoms with Crippen molar-refractivity contribution in [1.29, 1.82) is 0 Å². The van der Waals surface area contributed by atoms with E-state index in [4.69, 9.17) is 5.73 Å². The van der Waals surface area contributed by atoms with E-state index in [-0.39, 0.29) is 5.41 Å². The standard InChI is InChI=1S/C14H22N2O2S/c1-11-9-12(5-6-13(11)15)19(17,18)16-8-4-7-14(2,3)10-16/h5-6,9H,4,7-8,10,15H2,1-3H3. The van der Waals surface area contributed by atoms with Crippen molar-refractivity contribution in [3.05, 3.63) is 23.8 Å². The molecule has 1 aromatic carbocycles. The summed E-state index contributed by atoms with van der Waals surface area (Å²) in [6, 6.07) is 4.92. The predicted octanol–water partition coefficient (Wildman–Crippen LogP) is 2.39. The maximum Gasteiger partial charge on any atom is 0.243 e. The van der Waals surface area contributed by atoms with E-state index in [1.54, 1.807) is 22.5 Å². The number of nitrogens with zero attached hydrogens (tertiary/aromatic N) is 1. The summed E-state index contributed by atoms with van der Waals surface area (Å²) in [5.74, 6) is 0. The van der Waals surface area contributed by atoms with Crippen LogP contribution < -0.4 is 5.73 Å². The number of benzene rings is 1. The lowest BCUT2D eigenvalue weighted by atomic mass is 9.85. The number of hydrogen-bond acceptors (Lipinski definition) is 3. The molecule has 0 aromatic heterocycles. The van der Waals surface area contributed by atoms with E-state index < -0.39 is 10.0 Å². The molecule has 0 unspecified atom stereocenters. The summed E-state index contributed by atoms with van der Waals surface area (Å²) in [4.78, 5) is 0.344. The van der Waals surface area contributed by atoms with Gasteiger partial charge in [-0.2, -0.15) is 4.31 Å². The minimum atomic E-state index is -3.39. The number of sulfonamides is 1. The molecule has 1 aromatic rings. The first kappa shape index (κ1) is 14.3. The summed E-state index contributed by atoms with van der Waals surface area (Å²) < 4.78 is 26.8. The largest absolute Gasteiger partial charge is 0.399 e. The highest BCUT2D eigenvalue weighted by Crippen LogP contribution is 2.32. The molecular weight excluding hydrogens is 260 g/mol. The maximum absolute atomic E-state index is 12.6. The van der Waals surface area contributed by atoms with Gasteiger partial charge in [0.25, 0.3) is 0 Å². The van der Waals surface area contributed by atoms with Crippen molar-refractivity contribution in [3.8, 4) is 0 Å². The fourth-order valence-electron chi connectivity index (χ4n) is 2.53. The van der Waals surface area contributed by atoms with Crippen molar-refractivity contribution in [1.82, 2.24) is 4.31 Å². The van der Waals surface area contributed by atoms with Gasteiger partial charge in [0.05, 0.1) is 4.90 Å². The average Bonchev–Trinajstić information content (AvgIpc) is 2.31. The lowest BCUT2D eigenvalue weighted by molar-refractivity contribution is 0.187. The van der Waals surface area contributed by atoms with E-state index in [0.29, 0.717) is 23.7 Å². The van der Waals surface area contributed by atoms with Crippen LogP contribution in [0.4, 0.5) is 5.69 Å². The molecule has 106 valence electrons. The van der Waals surface area contributed by atoms with Gasteiger partial charge in [-0.25, -0.2) is 8.42 Å². The smallest absolute Gasteiger partial charge is 0.243 e. The molecule has 2 N–H and O–H groups in total. The Morgan fingerprint density at radius 1 is 1.32 bits per heavy atom. The third-order valence-electron chi connectivity index (χ3n) is 3.74. The Balaban J connectivity index is 2.34. The first-order valence-electron chi connectivity index (χ1n) is 6.59. The van der Waals surface area contributed by atoms with Crippen molar-refractivity contribution in [2.24, 2.45) is 5.41 Å². The lowest BCUT2D eigenvalue weighted by Crippen LogP contribution is -2.43. The van der Waals surface area contributed by atoms with Crippen LogP contribution in [0.15, 0.2) is 23.1 Å². The van der Waals surface area contributed by atoms with Crippen LogP contribution in [0.2, 0.25) is 0 Å². The number of aryl methyl sites for hydroxylation is 1. The Morgan fingerprint density at radius 3 is 2.58 bits per heavy atom. The Kier molecular flexibility index (Phi) is 3.62. The van der Waals surface area contributed by atoms with Gasteiger partial charge in [-0.05, 0) is 48.9 Å². The summed E-state index contributed by atoms with van der Waals surface area (Å²) in [5, 5.41) is 0. The summed E-state index contributed by atoms with van der Waals surface area (Å²) >= 11 is 0. The minimum Gasteiger partial charge on any atom is -0.399 e. The minimum absolute atomic E-state index is 0.0498. The highest BCUT2D eigenvalue weighted by Gasteiger charge is 2.34. The molecule has 1 aliphatic heterocycles. The van der Waals surface area contributed by atoms with E-state index in [2.05, 4.69) is 13.8 Å². The molecule has 2 rings (SSSR count). The number of nitrogen functional groups attached to an aromatic ring is 1. The molecule has 1 fully saturated rings. The summed E-state index contributed by atoms with van der Waals surface area (Å²) in [7, 11) is -3.39. The van der Waals surface area contributed by atoms with E-state index in [1.165, 1.54) is 0 Å². The highest BCUT2D eigenvalue weighted by atomic mass is 32.2. The second-order valence-corrected chi connectivity index (χ2v) is 8.06. The number of anilines is 1. The third-order valence-corrected chi connectivity index (χ3v) is 5.59. The monoisotopic (exact) mass is 282 g/mol. The van der Waals surface area contributed by atoms with E-state index >= 15 is 0 Å². The molecule has 0 amide bonds. The molecule has 0 spiro atoms. The van der Waals surface area contributed by atoms with Crippen LogP contribution in [0, 0.1) is 12.3 Å². The zero-order valence-electron chi connectivity index (χ0n) is 11.8. The predicted molar refractivity (Wildman–Crippen MR) is 77.4 cm³/mol. The van der Waals surface area contributed by atoms with Crippen LogP contribution in [0.3, 0.4) is 0 Å². The quantitative estimate of drug-likeness (QED) is 0.847. The van der Waals surface area contributed by atoms with Gasteiger partial charge in [-0.1, -0.05) is 13.8 Å². The first-order chi connectivity index (χ1) is 8.72. The molecule has 0 saturated carbocycles. The molecule has 0 bridgehead atoms. The molecule has 1 saturated heterocycles. The van der Waals surface area contributed by atoms with Crippen LogP contribution in [0.25, 0.3) is 0 Å². The summed E-state index contributed by atoms with van der Waals surface area (Å²) in [5.41, 5.74) is 7.22. The molecular formula is C14H22N2O2S. The Morgan fingerprint density at radius 2 is 2.00 bits per heavy atom. The fourth-order valence-corrected chi connectivity index (χ4v) is 4.29. The third kappa shape index (κ3) is 2.92. The van der Waals surface area contributed by atoms with Gasteiger partial charge >= 0.3 is 0 Å². The summed E-state index contributed by atoms with van der Waals surface area (Å²) in [6.07, 6.45) is 1.99. The molecule has 0 aliphatic carbocycles. The Hall–Kier alpha value is -1.07. The van der Waals surface area contributed by atoms with Crippen LogP contribution in [0.5, 0.6) is 0 Å². The molecule has 5 heteroatoms. The van der Waals surface area contributed by atoms with Gasteiger partial charge in [0.15, 0.2) is 0 Å². The van der Waals surface area contributed by atoms with Crippen molar-refractivity contribution < 1.29 is 8.42 Å². The highest BCUT2D eigenvalue weighted by molar-refractivity contribution is 7.89. The van der Waals surface area contributed by atoms with E-state index in [0.717, 1.165) is 18.4 Å². The molecule has 4 nitrogen and oxygen atoms in total. The van der Waals surface area contributed by atoms with Crippen molar-refractivity contribution >= 4 is 15.7 Å². The second kappa shape index (κ2) is 4.80.